The molecule has 1 saturated heterocycles. The fourth-order valence-corrected chi connectivity index (χ4v) is 6.87. The van der Waals surface area contributed by atoms with Crippen molar-refractivity contribution in [2.45, 2.75) is 38.0 Å². The molecule has 1 aliphatic rings. The van der Waals surface area contributed by atoms with Gasteiger partial charge < -0.3 is 9.84 Å². The minimum atomic E-state index is -3.73. The number of carbonyl (C=O) groups excluding carboxylic acids is 1. The zero-order valence-corrected chi connectivity index (χ0v) is 19.7. The van der Waals surface area contributed by atoms with Gasteiger partial charge in [-0.1, -0.05) is 35.5 Å². The number of nitrogens with one attached hydrogen (secondary N) is 1. The highest BCUT2D eigenvalue weighted by molar-refractivity contribution is 7.89. The van der Waals surface area contributed by atoms with Crippen LogP contribution in [0.3, 0.4) is 0 Å². The smallest absolute Gasteiger partial charge is 0.244 e. The summed E-state index contributed by atoms with van der Waals surface area (Å²) in [7, 11) is -3.73. The van der Waals surface area contributed by atoms with Gasteiger partial charge in [0.2, 0.25) is 27.6 Å². The number of thiophene rings is 1. The molecule has 2 aromatic heterocycles. The summed E-state index contributed by atoms with van der Waals surface area (Å²) in [5.41, 5.74) is 1.15. The second-order valence-electron chi connectivity index (χ2n) is 7.90. The predicted octanol–water partition coefficient (Wildman–Crippen LogP) is 3.17. The SMILES string of the molecule is Cc1nc(-c2cc(S(=O)(=O)N3CCC[C@@H](C(=O)NCCc4ccccc4)C3)c(C)s2)no1. The standard InChI is InChI=1S/C22H26N4O4S2/c1-15-20(13-19(31-15)21-24-16(2)30-25-21)32(28,29)26-12-6-9-18(14-26)22(27)23-11-10-17-7-4-3-5-8-17/h3-5,7-8,13,18H,6,9-12,14H2,1-2H3,(H,23,27)/t18-/m1/s1. The van der Waals surface area contributed by atoms with Gasteiger partial charge in [-0.05, 0) is 37.8 Å². The molecule has 1 N–H and O–H groups in total. The third kappa shape index (κ3) is 4.92. The van der Waals surface area contributed by atoms with Gasteiger partial charge in [0, 0.05) is 31.4 Å². The Morgan fingerprint density at radius 1 is 1.28 bits per heavy atom. The van der Waals surface area contributed by atoms with E-state index < -0.39 is 10.0 Å². The van der Waals surface area contributed by atoms with Crippen molar-refractivity contribution < 1.29 is 17.7 Å². The molecule has 4 rings (SSSR count). The maximum Gasteiger partial charge on any atom is 0.244 e. The van der Waals surface area contributed by atoms with Crippen molar-refractivity contribution in [3.8, 4) is 10.7 Å². The lowest BCUT2D eigenvalue weighted by Gasteiger charge is -2.31. The van der Waals surface area contributed by atoms with E-state index in [1.165, 1.54) is 15.6 Å². The number of hydrogen-bond acceptors (Lipinski definition) is 7. The van der Waals surface area contributed by atoms with Crippen LogP contribution in [0.15, 0.2) is 45.8 Å². The summed E-state index contributed by atoms with van der Waals surface area (Å²) < 4.78 is 33.2. The van der Waals surface area contributed by atoms with Crippen molar-refractivity contribution in [2.24, 2.45) is 5.92 Å². The van der Waals surface area contributed by atoms with Crippen molar-refractivity contribution in [1.82, 2.24) is 19.8 Å². The largest absolute Gasteiger partial charge is 0.355 e. The summed E-state index contributed by atoms with van der Waals surface area (Å²) in [6, 6.07) is 11.5. The Balaban J connectivity index is 1.42. The molecule has 3 aromatic rings. The predicted molar refractivity (Wildman–Crippen MR) is 122 cm³/mol. The zero-order valence-electron chi connectivity index (χ0n) is 18.1. The highest BCUT2D eigenvalue weighted by Gasteiger charge is 2.35. The lowest BCUT2D eigenvalue weighted by Crippen LogP contribution is -2.45. The molecule has 170 valence electrons. The first-order valence-electron chi connectivity index (χ1n) is 10.6. The first kappa shape index (κ1) is 22.6. The molecule has 0 radical (unpaired) electrons. The van der Waals surface area contributed by atoms with Gasteiger partial charge in [0.25, 0.3) is 0 Å². The number of amides is 1. The quantitative estimate of drug-likeness (QED) is 0.564. The summed E-state index contributed by atoms with van der Waals surface area (Å²) in [5, 5.41) is 6.85. The van der Waals surface area contributed by atoms with Crippen LogP contribution in [0.4, 0.5) is 0 Å². The molecule has 1 atom stereocenters. The van der Waals surface area contributed by atoms with E-state index >= 15 is 0 Å². The monoisotopic (exact) mass is 474 g/mol. The van der Waals surface area contributed by atoms with E-state index in [1.54, 1.807) is 19.9 Å². The minimum Gasteiger partial charge on any atom is -0.355 e. The van der Waals surface area contributed by atoms with Gasteiger partial charge >= 0.3 is 0 Å². The molecule has 0 unspecified atom stereocenters. The van der Waals surface area contributed by atoms with E-state index in [-0.39, 0.29) is 23.3 Å². The molecule has 1 fully saturated rings. The van der Waals surface area contributed by atoms with E-state index in [1.807, 2.05) is 30.3 Å². The zero-order chi connectivity index (χ0) is 22.7. The van der Waals surface area contributed by atoms with Gasteiger partial charge in [-0.3, -0.25) is 4.79 Å². The number of aryl methyl sites for hydroxylation is 2. The van der Waals surface area contributed by atoms with Crippen molar-refractivity contribution in [1.29, 1.82) is 0 Å². The molecule has 1 amide bonds. The van der Waals surface area contributed by atoms with Gasteiger partial charge in [0.15, 0.2) is 0 Å². The number of carbonyl (C=O) groups is 1. The normalized spacial score (nSPS) is 17.4. The maximum absolute atomic E-state index is 13.4. The summed E-state index contributed by atoms with van der Waals surface area (Å²) in [6.45, 7) is 4.58. The summed E-state index contributed by atoms with van der Waals surface area (Å²) in [4.78, 5) is 18.4. The van der Waals surface area contributed by atoms with Crippen LogP contribution < -0.4 is 5.32 Å². The molecule has 8 nitrogen and oxygen atoms in total. The molecule has 0 spiro atoms. The van der Waals surface area contributed by atoms with Crippen LogP contribution >= 0.6 is 11.3 Å². The van der Waals surface area contributed by atoms with Crippen LogP contribution in [0.1, 0.15) is 29.2 Å². The van der Waals surface area contributed by atoms with Crippen LogP contribution in [0.2, 0.25) is 0 Å². The highest BCUT2D eigenvalue weighted by atomic mass is 32.2. The van der Waals surface area contributed by atoms with Crippen LogP contribution in [-0.2, 0) is 21.2 Å². The van der Waals surface area contributed by atoms with Crippen LogP contribution in [0.25, 0.3) is 10.7 Å². The summed E-state index contributed by atoms with van der Waals surface area (Å²) in [5.74, 6) is 0.359. The van der Waals surface area contributed by atoms with Crippen molar-refractivity contribution >= 4 is 27.3 Å². The molecular weight excluding hydrogens is 448 g/mol. The number of rotatable bonds is 7. The Morgan fingerprint density at radius 2 is 2.06 bits per heavy atom. The van der Waals surface area contributed by atoms with E-state index in [0.717, 1.165) is 12.0 Å². The maximum atomic E-state index is 13.4. The molecule has 10 heteroatoms. The van der Waals surface area contributed by atoms with E-state index in [2.05, 4.69) is 15.5 Å². The molecule has 1 aromatic carbocycles. The molecule has 0 aliphatic carbocycles. The Hall–Kier alpha value is -2.56. The fourth-order valence-electron chi connectivity index (χ4n) is 3.86. The van der Waals surface area contributed by atoms with E-state index in [9.17, 15) is 13.2 Å². The third-order valence-corrected chi connectivity index (χ3v) is 8.72. The first-order chi connectivity index (χ1) is 15.3. The highest BCUT2D eigenvalue weighted by Crippen LogP contribution is 2.34. The minimum absolute atomic E-state index is 0.0918. The van der Waals surface area contributed by atoms with Crippen LogP contribution in [0, 0.1) is 19.8 Å². The van der Waals surface area contributed by atoms with Gasteiger partial charge in [-0.25, -0.2) is 8.42 Å². The third-order valence-electron chi connectivity index (χ3n) is 5.55. The summed E-state index contributed by atoms with van der Waals surface area (Å²) in [6.07, 6.45) is 2.07. The topological polar surface area (TPSA) is 105 Å². The number of hydrogen-bond donors (Lipinski definition) is 1. The number of nitrogens with zero attached hydrogens (tertiary/aromatic N) is 3. The molecule has 32 heavy (non-hydrogen) atoms. The van der Waals surface area contributed by atoms with Gasteiger partial charge in [-0.2, -0.15) is 9.29 Å². The fraction of sp³-hybridized carbons (Fsp3) is 0.409. The van der Waals surface area contributed by atoms with Gasteiger partial charge in [0.1, 0.15) is 0 Å². The number of aromatic nitrogens is 2. The van der Waals surface area contributed by atoms with Gasteiger partial charge in [0.05, 0.1) is 15.7 Å². The van der Waals surface area contributed by atoms with Crippen molar-refractivity contribution in [3.63, 3.8) is 0 Å². The second kappa shape index (κ2) is 9.51. The van der Waals surface area contributed by atoms with Crippen molar-refractivity contribution in [3.05, 3.63) is 52.7 Å². The average Bonchev–Trinajstić information content (AvgIpc) is 3.40. The Morgan fingerprint density at radius 3 is 2.78 bits per heavy atom. The van der Waals surface area contributed by atoms with Crippen LogP contribution in [0.5, 0.6) is 0 Å². The number of sulfonamides is 1. The second-order valence-corrected chi connectivity index (χ2v) is 11.1. The summed E-state index contributed by atoms with van der Waals surface area (Å²) >= 11 is 1.32. The number of piperidine rings is 1. The van der Waals surface area contributed by atoms with Gasteiger partial charge in [-0.15, -0.1) is 11.3 Å². The lowest BCUT2D eigenvalue weighted by atomic mass is 9.99. The molecule has 0 saturated carbocycles. The Kier molecular flexibility index (Phi) is 6.73. The van der Waals surface area contributed by atoms with Crippen LogP contribution in [-0.4, -0.2) is 48.4 Å². The van der Waals surface area contributed by atoms with Crippen molar-refractivity contribution in [2.75, 3.05) is 19.6 Å². The molecular formula is C22H26N4O4S2. The van der Waals surface area contributed by atoms with E-state index in [4.69, 9.17) is 4.52 Å². The Bertz CT molecular complexity index is 1190. The lowest BCUT2D eigenvalue weighted by molar-refractivity contribution is -0.126. The first-order valence-corrected chi connectivity index (χ1v) is 12.8. The molecule has 1 aliphatic heterocycles. The number of benzene rings is 1. The van der Waals surface area contributed by atoms with E-state index in [0.29, 0.717) is 47.4 Å². The Labute approximate surface area is 191 Å². The molecule has 3 heterocycles. The molecule has 0 bridgehead atoms. The average molecular weight is 475 g/mol.